The van der Waals surface area contributed by atoms with Crippen molar-refractivity contribution in [1.29, 1.82) is 0 Å². The van der Waals surface area contributed by atoms with E-state index in [4.69, 9.17) is 0 Å². The monoisotopic (exact) mass is 297 g/mol. The highest BCUT2D eigenvalue weighted by Crippen LogP contribution is 2.29. The lowest BCUT2D eigenvalue weighted by Crippen LogP contribution is -2.32. The summed E-state index contributed by atoms with van der Waals surface area (Å²) in [6, 6.07) is 0.648. The molecule has 0 radical (unpaired) electrons. The van der Waals surface area contributed by atoms with Crippen LogP contribution in [-0.4, -0.2) is 46.1 Å². The smallest absolute Gasteiger partial charge is 0.233 e. The molecule has 0 unspecified atom stereocenters. The van der Waals surface area contributed by atoms with E-state index in [-0.39, 0.29) is 17.2 Å². The molecule has 7 heteroatoms. The maximum atomic E-state index is 12.0. The predicted octanol–water partition coefficient (Wildman–Crippen LogP) is 1.68. The zero-order valence-corrected chi connectivity index (χ0v) is 13.6. The SMILES string of the molecule is CC(C)n1c(S[C@H](C)C(=O)NC2CC2)nnc1N(C)C. The van der Waals surface area contributed by atoms with Crippen LogP contribution in [0.2, 0.25) is 0 Å². The summed E-state index contributed by atoms with van der Waals surface area (Å²) < 4.78 is 2.06. The lowest BCUT2D eigenvalue weighted by atomic mass is 10.4. The molecular weight excluding hydrogens is 274 g/mol. The highest BCUT2D eigenvalue weighted by molar-refractivity contribution is 8.00. The van der Waals surface area contributed by atoms with Gasteiger partial charge in [0.05, 0.1) is 5.25 Å². The van der Waals surface area contributed by atoms with Gasteiger partial charge in [-0.2, -0.15) is 0 Å². The minimum absolute atomic E-state index is 0.0854. The standard InChI is InChI=1S/C13H23N5OS/c1-8(2)18-12(17(4)5)15-16-13(18)20-9(3)11(19)14-10-6-7-10/h8-10H,6-7H2,1-5H3,(H,14,19)/t9-/m1/s1. The molecule has 2 rings (SSSR count). The van der Waals surface area contributed by atoms with Crippen LogP contribution in [0.5, 0.6) is 0 Å². The fraction of sp³-hybridized carbons (Fsp3) is 0.769. The Bertz CT molecular complexity index is 481. The van der Waals surface area contributed by atoms with Crippen LogP contribution in [0.1, 0.15) is 39.7 Å². The number of anilines is 1. The normalized spacial score (nSPS) is 16.3. The molecule has 6 nitrogen and oxygen atoms in total. The van der Waals surface area contributed by atoms with Gasteiger partial charge >= 0.3 is 0 Å². The van der Waals surface area contributed by atoms with E-state index in [1.165, 1.54) is 11.8 Å². The molecule has 0 spiro atoms. The molecule has 1 heterocycles. The Balaban J connectivity index is 2.09. The van der Waals surface area contributed by atoms with Gasteiger partial charge in [-0.05, 0) is 33.6 Å². The van der Waals surface area contributed by atoms with Gasteiger partial charge in [-0.15, -0.1) is 10.2 Å². The topological polar surface area (TPSA) is 63.1 Å². The van der Waals surface area contributed by atoms with Crippen LogP contribution in [0, 0.1) is 0 Å². The van der Waals surface area contributed by atoms with Crippen molar-refractivity contribution in [2.45, 2.75) is 56.1 Å². The third-order valence-electron chi connectivity index (χ3n) is 3.14. The number of hydrogen-bond acceptors (Lipinski definition) is 5. The van der Waals surface area contributed by atoms with Crippen LogP contribution in [0.25, 0.3) is 0 Å². The molecule has 0 saturated heterocycles. The second kappa shape index (κ2) is 6.03. The van der Waals surface area contributed by atoms with E-state index in [9.17, 15) is 4.79 Å². The van der Waals surface area contributed by atoms with Crippen molar-refractivity contribution in [1.82, 2.24) is 20.1 Å². The summed E-state index contributed by atoms with van der Waals surface area (Å²) in [5.41, 5.74) is 0. The van der Waals surface area contributed by atoms with Gasteiger partial charge in [-0.1, -0.05) is 11.8 Å². The van der Waals surface area contributed by atoms with Gasteiger partial charge in [0.15, 0.2) is 5.16 Å². The molecule has 1 atom stereocenters. The van der Waals surface area contributed by atoms with Crippen LogP contribution < -0.4 is 10.2 Å². The van der Waals surface area contributed by atoms with Crippen molar-refractivity contribution >= 4 is 23.6 Å². The van der Waals surface area contributed by atoms with Gasteiger partial charge in [0.25, 0.3) is 0 Å². The molecule has 1 N–H and O–H groups in total. The number of carbonyl (C=O) groups is 1. The van der Waals surface area contributed by atoms with E-state index in [0.717, 1.165) is 23.9 Å². The molecule has 1 aromatic rings. The van der Waals surface area contributed by atoms with Crippen LogP contribution in [0.4, 0.5) is 5.95 Å². The van der Waals surface area contributed by atoms with E-state index in [2.05, 4.69) is 33.9 Å². The van der Waals surface area contributed by atoms with Gasteiger partial charge in [0.1, 0.15) is 0 Å². The third-order valence-corrected chi connectivity index (χ3v) is 4.19. The molecule has 1 aliphatic carbocycles. The summed E-state index contributed by atoms with van der Waals surface area (Å²) >= 11 is 1.47. The van der Waals surface area contributed by atoms with Crippen LogP contribution >= 0.6 is 11.8 Å². The second-order valence-electron chi connectivity index (χ2n) is 5.68. The molecule has 1 amide bonds. The Morgan fingerprint density at radius 1 is 1.35 bits per heavy atom. The van der Waals surface area contributed by atoms with Gasteiger partial charge in [-0.25, -0.2) is 0 Å². The quantitative estimate of drug-likeness (QED) is 0.810. The highest BCUT2D eigenvalue weighted by atomic mass is 32.2. The Kier molecular flexibility index (Phi) is 4.57. The molecule has 1 aromatic heterocycles. The number of rotatable bonds is 6. The van der Waals surface area contributed by atoms with Crippen LogP contribution in [-0.2, 0) is 4.79 Å². The molecular formula is C13H23N5OS. The molecule has 1 saturated carbocycles. The molecule has 0 bridgehead atoms. The van der Waals surface area contributed by atoms with E-state index in [1.807, 2.05) is 25.9 Å². The lowest BCUT2D eigenvalue weighted by Gasteiger charge is -2.18. The van der Waals surface area contributed by atoms with Crippen LogP contribution in [0.3, 0.4) is 0 Å². The maximum Gasteiger partial charge on any atom is 0.233 e. The predicted molar refractivity (Wildman–Crippen MR) is 81.2 cm³/mol. The molecule has 0 aromatic carbocycles. The molecule has 1 aliphatic rings. The number of hydrogen-bond donors (Lipinski definition) is 1. The minimum atomic E-state index is -0.160. The number of nitrogens with one attached hydrogen (secondary N) is 1. The number of nitrogens with zero attached hydrogens (tertiary/aromatic N) is 4. The largest absolute Gasteiger partial charge is 0.352 e. The summed E-state index contributed by atoms with van der Waals surface area (Å²) in [7, 11) is 3.89. The Hall–Kier alpha value is -1.24. The molecule has 112 valence electrons. The Morgan fingerprint density at radius 2 is 2.00 bits per heavy atom. The Morgan fingerprint density at radius 3 is 2.50 bits per heavy atom. The average molecular weight is 297 g/mol. The van der Waals surface area contributed by atoms with Gasteiger partial charge in [0.2, 0.25) is 11.9 Å². The van der Waals surface area contributed by atoms with Crippen LogP contribution in [0.15, 0.2) is 5.16 Å². The van der Waals surface area contributed by atoms with Crippen molar-refractivity contribution in [3.8, 4) is 0 Å². The first kappa shape index (κ1) is 15.2. The summed E-state index contributed by atoms with van der Waals surface area (Å²) in [6.45, 7) is 6.10. The van der Waals surface area contributed by atoms with Crippen molar-refractivity contribution < 1.29 is 4.79 Å². The van der Waals surface area contributed by atoms with Gasteiger partial charge < -0.3 is 10.2 Å². The number of carbonyl (C=O) groups excluding carboxylic acids is 1. The first-order valence-electron chi connectivity index (χ1n) is 6.99. The van der Waals surface area contributed by atoms with Crippen molar-refractivity contribution in [2.75, 3.05) is 19.0 Å². The van der Waals surface area contributed by atoms with Crippen molar-refractivity contribution in [2.24, 2.45) is 0 Å². The highest BCUT2D eigenvalue weighted by Gasteiger charge is 2.27. The van der Waals surface area contributed by atoms with Gasteiger partial charge in [-0.3, -0.25) is 9.36 Å². The average Bonchev–Trinajstić information content (AvgIpc) is 3.05. The van der Waals surface area contributed by atoms with E-state index >= 15 is 0 Å². The van der Waals surface area contributed by atoms with E-state index < -0.39 is 0 Å². The van der Waals surface area contributed by atoms with E-state index in [0.29, 0.717) is 6.04 Å². The van der Waals surface area contributed by atoms with Crippen molar-refractivity contribution in [3.63, 3.8) is 0 Å². The zero-order chi connectivity index (χ0) is 14.9. The maximum absolute atomic E-state index is 12.0. The second-order valence-corrected chi connectivity index (χ2v) is 6.99. The van der Waals surface area contributed by atoms with Gasteiger partial charge in [0, 0.05) is 26.2 Å². The number of amides is 1. The van der Waals surface area contributed by atoms with E-state index in [1.54, 1.807) is 0 Å². The molecule has 1 fully saturated rings. The minimum Gasteiger partial charge on any atom is -0.352 e. The molecule has 20 heavy (non-hydrogen) atoms. The zero-order valence-electron chi connectivity index (χ0n) is 12.8. The summed E-state index contributed by atoms with van der Waals surface area (Å²) in [5, 5.41) is 12.1. The lowest BCUT2D eigenvalue weighted by molar-refractivity contribution is -0.120. The third kappa shape index (κ3) is 3.45. The number of thioether (sulfide) groups is 1. The Labute approximate surface area is 124 Å². The summed E-state index contributed by atoms with van der Waals surface area (Å²) in [6.07, 6.45) is 2.21. The first-order valence-corrected chi connectivity index (χ1v) is 7.87. The molecule has 0 aliphatic heterocycles. The first-order chi connectivity index (χ1) is 9.40. The van der Waals surface area contributed by atoms with Crippen molar-refractivity contribution in [3.05, 3.63) is 0 Å². The number of aromatic nitrogens is 3. The fourth-order valence-corrected chi connectivity index (χ4v) is 2.85. The summed E-state index contributed by atoms with van der Waals surface area (Å²) in [4.78, 5) is 14.0. The fourth-order valence-electron chi connectivity index (χ4n) is 1.86. The summed E-state index contributed by atoms with van der Waals surface area (Å²) in [5.74, 6) is 0.902.